The zero-order valence-corrected chi connectivity index (χ0v) is 7.53. The van der Waals surface area contributed by atoms with Gasteiger partial charge >= 0.3 is 6.18 Å². The first kappa shape index (κ1) is 12.2. The molecule has 0 radical (unpaired) electrons. The SMILES string of the molecule is CCCCC/C=C/C(=O)C(F)(F)F. The molecular formula is C9H13F3O. The maximum absolute atomic E-state index is 11.6. The van der Waals surface area contributed by atoms with E-state index in [1.165, 1.54) is 6.08 Å². The molecule has 0 fully saturated rings. The number of carbonyl (C=O) groups excluding carboxylic acids is 1. The molecule has 0 bridgehead atoms. The number of alkyl halides is 3. The van der Waals surface area contributed by atoms with Gasteiger partial charge in [-0.05, 0) is 18.9 Å². The van der Waals surface area contributed by atoms with E-state index in [-0.39, 0.29) is 0 Å². The molecule has 0 heterocycles. The molecule has 0 saturated heterocycles. The summed E-state index contributed by atoms with van der Waals surface area (Å²) in [6, 6.07) is 0. The molecule has 0 aliphatic heterocycles. The molecule has 0 atom stereocenters. The predicted octanol–water partition coefficient (Wildman–Crippen LogP) is 3.25. The van der Waals surface area contributed by atoms with Crippen LogP contribution in [0.1, 0.15) is 32.6 Å². The molecule has 13 heavy (non-hydrogen) atoms. The predicted molar refractivity (Wildman–Crippen MR) is 44.3 cm³/mol. The van der Waals surface area contributed by atoms with E-state index in [9.17, 15) is 18.0 Å². The molecule has 1 nitrogen and oxygen atoms in total. The minimum atomic E-state index is -4.72. The Kier molecular flexibility index (Phi) is 5.42. The topological polar surface area (TPSA) is 17.1 Å². The van der Waals surface area contributed by atoms with Gasteiger partial charge in [0.25, 0.3) is 5.78 Å². The average Bonchev–Trinajstić information content (AvgIpc) is 2.02. The monoisotopic (exact) mass is 194 g/mol. The van der Waals surface area contributed by atoms with Crippen molar-refractivity contribution in [3.8, 4) is 0 Å². The standard InChI is InChI=1S/C9H13F3O/c1-2-3-4-5-6-7-8(13)9(10,11)12/h6-7H,2-5H2,1H3/b7-6+. The van der Waals surface area contributed by atoms with Gasteiger partial charge in [-0.25, -0.2) is 0 Å². The van der Waals surface area contributed by atoms with Crippen LogP contribution in [0.2, 0.25) is 0 Å². The molecule has 0 N–H and O–H groups in total. The molecule has 0 saturated carbocycles. The first-order valence-corrected chi connectivity index (χ1v) is 4.26. The lowest BCUT2D eigenvalue weighted by molar-refractivity contribution is -0.165. The molecule has 0 spiro atoms. The number of hydrogen-bond acceptors (Lipinski definition) is 1. The second kappa shape index (κ2) is 5.78. The minimum absolute atomic E-state index is 0.537. The van der Waals surface area contributed by atoms with E-state index in [4.69, 9.17) is 0 Å². The van der Waals surface area contributed by atoms with E-state index in [1.807, 2.05) is 6.92 Å². The summed E-state index contributed by atoms with van der Waals surface area (Å²) in [7, 11) is 0. The van der Waals surface area contributed by atoms with Crippen LogP contribution in [0.25, 0.3) is 0 Å². The number of carbonyl (C=O) groups is 1. The molecule has 0 rings (SSSR count). The van der Waals surface area contributed by atoms with Crippen molar-refractivity contribution in [3.05, 3.63) is 12.2 Å². The van der Waals surface area contributed by atoms with Gasteiger partial charge in [0.1, 0.15) is 0 Å². The van der Waals surface area contributed by atoms with E-state index in [0.717, 1.165) is 19.3 Å². The third-order valence-electron chi connectivity index (χ3n) is 1.52. The van der Waals surface area contributed by atoms with E-state index < -0.39 is 12.0 Å². The average molecular weight is 194 g/mol. The Morgan fingerprint density at radius 2 is 1.92 bits per heavy atom. The third-order valence-corrected chi connectivity index (χ3v) is 1.52. The molecule has 0 amide bonds. The number of rotatable bonds is 5. The summed E-state index contributed by atoms with van der Waals surface area (Å²) in [5.74, 6) is -1.77. The summed E-state index contributed by atoms with van der Waals surface area (Å²) in [5, 5.41) is 0. The Hall–Kier alpha value is -0.800. The van der Waals surface area contributed by atoms with Crippen molar-refractivity contribution in [2.75, 3.05) is 0 Å². The lowest BCUT2D eigenvalue weighted by atomic mass is 10.2. The van der Waals surface area contributed by atoms with Crippen LogP contribution in [0.4, 0.5) is 13.2 Å². The van der Waals surface area contributed by atoms with E-state index >= 15 is 0 Å². The lowest BCUT2D eigenvalue weighted by Crippen LogP contribution is -2.19. The van der Waals surface area contributed by atoms with Crippen molar-refractivity contribution < 1.29 is 18.0 Å². The number of allylic oxidation sites excluding steroid dienone is 2. The summed E-state index contributed by atoms with van der Waals surface area (Å²) < 4.78 is 34.9. The maximum atomic E-state index is 11.6. The van der Waals surface area contributed by atoms with Crippen molar-refractivity contribution in [1.82, 2.24) is 0 Å². The fourth-order valence-corrected chi connectivity index (χ4v) is 0.797. The smallest absolute Gasteiger partial charge is 0.285 e. The second-order valence-electron chi connectivity index (χ2n) is 2.76. The quantitative estimate of drug-likeness (QED) is 0.485. The van der Waals surface area contributed by atoms with Crippen molar-refractivity contribution >= 4 is 5.78 Å². The molecule has 0 aromatic carbocycles. The van der Waals surface area contributed by atoms with Crippen LogP contribution in [0.3, 0.4) is 0 Å². The lowest BCUT2D eigenvalue weighted by Gasteiger charge is -1.98. The molecule has 0 aromatic rings. The molecular weight excluding hydrogens is 181 g/mol. The normalized spacial score (nSPS) is 12.3. The van der Waals surface area contributed by atoms with Gasteiger partial charge in [0.2, 0.25) is 0 Å². The highest BCUT2D eigenvalue weighted by Crippen LogP contribution is 2.16. The minimum Gasteiger partial charge on any atom is -0.285 e. The van der Waals surface area contributed by atoms with Crippen LogP contribution in [0.5, 0.6) is 0 Å². The van der Waals surface area contributed by atoms with Gasteiger partial charge in [-0.2, -0.15) is 13.2 Å². The Bertz CT molecular complexity index is 182. The zero-order chi connectivity index (χ0) is 10.3. The second-order valence-corrected chi connectivity index (χ2v) is 2.76. The highest BCUT2D eigenvalue weighted by molar-refractivity contribution is 5.94. The largest absolute Gasteiger partial charge is 0.454 e. The van der Waals surface area contributed by atoms with E-state index in [1.54, 1.807) is 0 Å². The number of ketones is 1. The van der Waals surface area contributed by atoms with E-state index in [2.05, 4.69) is 0 Å². The molecule has 0 aliphatic carbocycles. The Morgan fingerprint density at radius 1 is 1.31 bits per heavy atom. The molecule has 0 aromatic heterocycles. The Labute approximate surface area is 75.6 Å². The maximum Gasteiger partial charge on any atom is 0.454 e. The summed E-state index contributed by atoms with van der Waals surface area (Å²) in [6.45, 7) is 2.00. The fourth-order valence-electron chi connectivity index (χ4n) is 0.797. The first-order valence-electron chi connectivity index (χ1n) is 4.26. The van der Waals surface area contributed by atoms with Crippen LogP contribution < -0.4 is 0 Å². The van der Waals surface area contributed by atoms with Gasteiger partial charge < -0.3 is 0 Å². The van der Waals surface area contributed by atoms with Crippen LogP contribution in [0.15, 0.2) is 12.2 Å². The zero-order valence-electron chi connectivity index (χ0n) is 7.53. The molecule has 76 valence electrons. The van der Waals surface area contributed by atoms with Gasteiger partial charge in [0.15, 0.2) is 0 Å². The summed E-state index contributed by atoms with van der Waals surface area (Å²) in [4.78, 5) is 10.3. The number of unbranched alkanes of at least 4 members (excludes halogenated alkanes) is 3. The summed E-state index contributed by atoms with van der Waals surface area (Å²) >= 11 is 0. The van der Waals surface area contributed by atoms with Crippen LogP contribution in [-0.4, -0.2) is 12.0 Å². The third kappa shape index (κ3) is 6.37. The first-order chi connectivity index (χ1) is 5.98. The number of halogens is 3. The van der Waals surface area contributed by atoms with Crippen LogP contribution >= 0.6 is 0 Å². The van der Waals surface area contributed by atoms with Gasteiger partial charge in [0, 0.05) is 0 Å². The summed E-state index contributed by atoms with van der Waals surface area (Å²) in [5.41, 5.74) is 0. The number of hydrogen-bond donors (Lipinski definition) is 0. The molecule has 0 unspecified atom stereocenters. The van der Waals surface area contributed by atoms with Crippen molar-refractivity contribution in [3.63, 3.8) is 0 Å². The van der Waals surface area contributed by atoms with Gasteiger partial charge in [-0.3, -0.25) is 4.79 Å². The van der Waals surface area contributed by atoms with Crippen LogP contribution in [-0.2, 0) is 4.79 Å². The van der Waals surface area contributed by atoms with Crippen molar-refractivity contribution in [1.29, 1.82) is 0 Å². The van der Waals surface area contributed by atoms with Gasteiger partial charge in [-0.15, -0.1) is 0 Å². The fraction of sp³-hybridized carbons (Fsp3) is 0.667. The Balaban J connectivity index is 3.67. The summed E-state index contributed by atoms with van der Waals surface area (Å²) in [6.07, 6.45) is 0.530. The molecule has 0 aliphatic rings. The highest BCUT2D eigenvalue weighted by atomic mass is 19.4. The van der Waals surface area contributed by atoms with Crippen molar-refractivity contribution in [2.24, 2.45) is 0 Å². The van der Waals surface area contributed by atoms with Gasteiger partial charge in [0.05, 0.1) is 0 Å². The van der Waals surface area contributed by atoms with E-state index in [0.29, 0.717) is 12.5 Å². The Morgan fingerprint density at radius 3 is 2.38 bits per heavy atom. The highest BCUT2D eigenvalue weighted by Gasteiger charge is 2.35. The molecule has 4 heteroatoms. The van der Waals surface area contributed by atoms with Crippen molar-refractivity contribution in [2.45, 2.75) is 38.8 Å². The van der Waals surface area contributed by atoms with Crippen LogP contribution in [0, 0.1) is 0 Å². The van der Waals surface area contributed by atoms with Gasteiger partial charge in [-0.1, -0.05) is 25.8 Å².